The van der Waals surface area contributed by atoms with Crippen LogP contribution < -0.4 is 10.6 Å². The first-order chi connectivity index (χ1) is 9.28. The maximum Gasteiger partial charge on any atom is 0.123 e. The van der Waals surface area contributed by atoms with Crippen LogP contribution in [-0.2, 0) is 13.0 Å². The first kappa shape index (κ1) is 13.6. The molecule has 0 aliphatic carbocycles. The molecule has 2 rings (SSSR count). The van der Waals surface area contributed by atoms with Crippen molar-refractivity contribution in [3.8, 4) is 0 Å². The number of hydrogen-bond donors (Lipinski definition) is 2. The molecule has 3 heteroatoms. The summed E-state index contributed by atoms with van der Waals surface area (Å²) in [5, 5.41) is 6.52. The van der Waals surface area contributed by atoms with Crippen LogP contribution in [0.15, 0.2) is 48.5 Å². The fourth-order valence-electron chi connectivity index (χ4n) is 1.95. The Kier molecular flexibility index (Phi) is 4.93. The molecule has 0 saturated carbocycles. The van der Waals surface area contributed by atoms with Gasteiger partial charge in [0.15, 0.2) is 0 Å². The van der Waals surface area contributed by atoms with E-state index in [-0.39, 0.29) is 5.82 Å². The molecule has 0 radical (unpaired) electrons. The molecule has 0 bridgehead atoms. The monoisotopic (exact) mass is 258 g/mol. The zero-order valence-corrected chi connectivity index (χ0v) is 11.1. The second-order valence-corrected chi connectivity index (χ2v) is 4.50. The number of hydrogen-bond acceptors (Lipinski definition) is 2. The quantitative estimate of drug-likeness (QED) is 0.777. The Morgan fingerprint density at radius 2 is 1.79 bits per heavy atom. The standard InChI is InChI=1S/C16H19FN2/c1-18-16-4-2-3-14(11-16)12-19-10-9-13-5-7-15(17)8-6-13/h2-8,11,18-19H,9-10,12H2,1H3. The molecule has 0 aliphatic heterocycles. The lowest BCUT2D eigenvalue weighted by molar-refractivity contribution is 0.626. The van der Waals surface area contributed by atoms with Gasteiger partial charge in [-0.05, 0) is 48.4 Å². The topological polar surface area (TPSA) is 24.1 Å². The highest BCUT2D eigenvalue weighted by atomic mass is 19.1. The first-order valence-corrected chi connectivity index (χ1v) is 6.50. The van der Waals surface area contributed by atoms with E-state index >= 15 is 0 Å². The van der Waals surface area contributed by atoms with Crippen LogP contribution >= 0.6 is 0 Å². The van der Waals surface area contributed by atoms with Crippen LogP contribution in [0.4, 0.5) is 10.1 Å². The van der Waals surface area contributed by atoms with Gasteiger partial charge in [0.1, 0.15) is 5.82 Å². The summed E-state index contributed by atoms with van der Waals surface area (Å²) in [5.74, 6) is -0.180. The highest BCUT2D eigenvalue weighted by molar-refractivity contribution is 5.44. The van der Waals surface area contributed by atoms with Crippen molar-refractivity contribution in [1.29, 1.82) is 0 Å². The highest BCUT2D eigenvalue weighted by Gasteiger charge is 1.96. The Morgan fingerprint density at radius 1 is 1.00 bits per heavy atom. The predicted molar refractivity (Wildman–Crippen MR) is 77.8 cm³/mol. The third-order valence-corrected chi connectivity index (χ3v) is 3.05. The molecular formula is C16H19FN2. The van der Waals surface area contributed by atoms with E-state index in [1.807, 2.05) is 31.3 Å². The van der Waals surface area contributed by atoms with Gasteiger partial charge in [0, 0.05) is 19.3 Å². The maximum atomic E-state index is 12.7. The summed E-state index contributed by atoms with van der Waals surface area (Å²) in [6.45, 7) is 1.73. The summed E-state index contributed by atoms with van der Waals surface area (Å²) < 4.78 is 12.7. The van der Waals surface area contributed by atoms with E-state index in [1.165, 1.54) is 17.7 Å². The van der Waals surface area contributed by atoms with E-state index in [2.05, 4.69) is 22.8 Å². The minimum Gasteiger partial charge on any atom is -0.388 e. The van der Waals surface area contributed by atoms with Gasteiger partial charge in [0.2, 0.25) is 0 Å². The van der Waals surface area contributed by atoms with Crippen molar-refractivity contribution < 1.29 is 4.39 Å². The van der Waals surface area contributed by atoms with Crippen LogP contribution in [0.5, 0.6) is 0 Å². The first-order valence-electron chi connectivity index (χ1n) is 6.50. The molecule has 2 aromatic carbocycles. The second-order valence-electron chi connectivity index (χ2n) is 4.50. The van der Waals surface area contributed by atoms with Crippen LogP contribution in [0.25, 0.3) is 0 Å². The van der Waals surface area contributed by atoms with Crippen LogP contribution in [-0.4, -0.2) is 13.6 Å². The molecule has 0 aromatic heterocycles. The van der Waals surface area contributed by atoms with E-state index in [0.717, 1.165) is 30.8 Å². The van der Waals surface area contributed by atoms with E-state index in [0.29, 0.717) is 0 Å². The Labute approximate surface area is 113 Å². The molecule has 2 N–H and O–H groups in total. The average Bonchev–Trinajstić information content (AvgIpc) is 2.46. The molecule has 0 fully saturated rings. The maximum absolute atomic E-state index is 12.7. The summed E-state index contributed by atoms with van der Waals surface area (Å²) >= 11 is 0. The Balaban J connectivity index is 1.75. The van der Waals surface area contributed by atoms with Crippen molar-refractivity contribution in [2.24, 2.45) is 0 Å². The van der Waals surface area contributed by atoms with Crippen LogP contribution in [0.1, 0.15) is 11.1 Å². The number of nitrogens with one attached hydrogen (secondary N) is 2. The van der Waals surface area contributed by atoms with Gasteiger partial charge < -0.3 is 10.6 Å². The van der Waals surface area contributed by atoms with E-state index in [1.54, 1.807) is 0 Å². The molecule has 2 aromatic rings. The molecule has 0 atom stereocenters. The summed E-state index contributed by atoms with van der Waals surface area (Å²) in [4.78, 5) is 0. The largest absolute Gasteiger partial charge is 0.388 e. The van der Waals surface area contributed by atoms with Crippen molar-refractivity contribution >= 4 is 5.69 Å². The van der Waals surface area contributed by atoms with E-state index in [9.17, 15) is 4.39 Å². The Hall–Kier alpha value is -1.87. The zero-order chi connectivity index (χ0) is 13.5. The molecule has 0 amide bonds. The van der Waals surface area contributed by atoms with Crippen molar-refractivity contribution in [1.82, 2.24) is 5.32 Å². The number of anilines is 1. The fourth-order valence-corrected chi connectivity index (χ4v) is 1.95. The second kappa shape index (κ2) is 6.90. The van der Waals surface area contributed by atoms with Crippen LogP contribution in [0.3, 0.4) is 0 Å². The third-order valence-electron chi connectivity index (χ3n) is 3.05. The molecule has 0 spiro atoms. The molecule has 100 valence electrons. The summed E-state index contributed by atoms with van der Waals surface area (Å²) in [7, 11) is 1.92. The van der Waals surface area contributed by atoms with Gasteiger partial charge in [-0.25, -0.2) is 4.39 Å². The summed E-state index contributed by atoms with van der Waals surface area (Å²) in [5.41, 5.74) is 3.53. The molecule has 0 unspecified atom stereocenters. The predicted octanol–water partition coefficient (Wildman–Crippen LogP) is 3.20. The minimum atomic E-state index is -0.180. The van der Waals surface area contributed by atoms with Crippen molar-refractivity contribution in [3.63, 3.8) is 0 Å². The third kappa shape index (κ3) is 4.38. The van der Waals surface area contributed by atoms with Gasteiger partial charge in [-0.15, -0.1) is 0 Å². The zero-order valence-electron chi connectivity index (χ0n) is 11.1. The summed E-state index contributed by atoms with van der Waals surface area (Å²) in [6.07, 6.45) is 0.909. The van der Waals surface area contributed by atoms with E-state index in [4.69, 9.17) is 0 Å². The van der Waals surface area contributed by atoms with Gasteiger partial charge in [0.05, 0.1) is 0 Å². The smallest absolute Gasteiger partial charge is 0.123 e. The lowest BCUT2D eigenvalue weighted by atomic mass is 10.1. The molecular weight excluding hydrogens is 239 g/mol. The van der Waals surface area contributed by atoms with Gasteiger partial charge in [0.25, 0.3) is 0 Å². The molecule has 0 aliphatic rings. The van der Waals surface area contributed by atoms with Crippen LogP contribution in [0, 0.1) is 5.82 Å². The number of halogens is 1. The molecule has 2 nitrogen and oxygen atoms in total. The van der Waals surface area contributed by atoms with Crippen molar-refractivity contribution in [3.05, 3.63) is 65.5 Å². The van der Waals surface area contributed by atoms with Crippen LogP contribution in [0.2, 0.25) is 0 Å². The molecule has 0 heterocycles. The Morgan fingerprint density at radius 3 is 2.53 bits per heavy atom. The summed E-state index contributed by atoms with van der Waals surface area (Å²) in [6, 6.07) is 15.0. The van der Waals surface area contributed by atoms with Gasteiger partial charge in [-0.3, -0.25) is 0 Å². The lowest BCUT2D eigenvalue weighted by Gasteiger charge is -2.07. The average molecular weight is 258 g/mol. The molecule has 0 saturated heterocycles. The SMILES string of the molecule is CNc1cccc(CNCCc2ccc(F)cc2)c1. The van der Waals surface area contributed by atoms with Gasteiger partial charge in [-0.2, -0.15) is 0 Å². The van der Waals surface area contributed by atoms with Gasteiger partial charge >= 0.3 is 0 Å². The Bertz CT molecular complexity index is 508. The van der Waals surface area contributed by atoms with E-state index < -0.39 is 0 Å². The number of benzene rings is 2. The normalized spacial score (nSPS) is 10.4. The lowest BCUT2D eigenvalue weighted by Crippen LogP contribution is -2.16. The highest BCUT2D eigenvalue weighted by Crippen LogP contribution is 2.09. The van der Waals surface area contributed by atoms with Gasteiger partial charge in [-0.1, -0.05) is 24.3 Å². The van der Waals surface area contributed by atoms with Crippen molar-refractivity contribution in [2.75, 3.05) is 18.9 Å². The number of rotatable bonds is 6. The van der Waals surface area contributed by atoms with Crippen molar-refractivity contribution in [2.45, 2.75) is 13.0 Å². The fraction of sp³-hybridized carbons (Fsp3) is 0.250. The minimum absolute atomic E-state index is 0.180. The molecule has 19 heavy (non-hydrogen) atoms.